The lowest BCUT2D eigenvalue weighted by Gasteiger charge is -1.98. The zero-order valence-corrected chi connectivity index (χ0v) is 10.4. The largest absolute Gasteiger partial charge is 0.342 e. The monoisotopic (exact) mass is 244 g/mol. The Hall–Kier alpha value is -0.730. The van der Waals surface area contributed by atoms with Crippen LogP contribution in [0.2, 0.25) is 0 Å². The fourth-order valence-electron chi connectivity index (χ4n) is 1.57. The number of aromatic nitrogens is 2. The first-order valence-electron chi connectivity index (χ1n) is 4.73. The van der Waals surface area contributed by atoms with Crippen LogP contribution >= 0.6 is 24.0 Å². The summed E-state index contributed by atoms with van der Waals surface area (Å²) in [6.07, 6.45) is 0.800. The molecule has 0 fully saturated rings. The van der Waals surface area contributed by atoms with Crippen LogP contribution in [-0.2, 0) is 6.42 Å². The van der Waals surface area contributed by atoms with Gasteiger partial charge >= 0.3 is 0 Å². The van der Waals surface area contributed by atoms with Gasteiger partial charge in [-0.2, -0.15) is 0 Å². The summed E-state index contributed by atoms with van der Waals surface area (Å²) in [7, 11) is 0. The normalized spacial score (nSPS) is 10.3. The maximum atomic E-state index is 5.67. The third-order valence-corrected chi connectivity index (χ3v) is 2.75. The van der Waals surface area contributed by atoms with Crippen molar-refractivity contribution >= 4 is 35.0 Å². The molecular formula is C11H14Cl2N2. The molecule has 1 heterocycles. The Morgan fingerprint density at radius 3 is 2.73 bits per heavy atom. The van der Waals surface area contributed by atoms with Crippen molar-refractivity contribution in [2.75, 3.05) is 5.88 Å². The van der Waals surface area contributed by atoms with E-state index in [-0.39, 0.29) is 12.4 Å². The molecule has 0 amide bonds. The lowest BCUT2D eigenvalue weighted by Crippen LogP contribution is -1.87. The molecular weight excluding hydrogens is 231 g/mol. The van der Waals surface area contributed by atoms with Crippen molar-refractivity contribution in [3.63, 3.8) is 0 Å². The maximum Gasteiger partial charge on any atom is 0.108 e. The average molecular weight is 245 g/mol. The molecule has 82 valence electrons. The molecule has 1 N–H and O–H groups in total. The van der Waals surface area contributed by atoms with E-state index in [0.29, 0.717) is 5.88 Å². The molecule has 0 unspecified atom stereocenters. The molecule has 0 saturated carbocycles. The number of fused-ring (bicyclic) bond motifs is 1. The van der Waals surface area contributed by atoms with Crippen molar-refractivity contribution in [1.82, 2.24) is 9.97 Å². The highest BCUT2D eigenvalue weighted by atomic mass is 35.5. The molecule has 2 nitrogen and oxygen atoms in total. The van der Waals surface area contributed by atoms with E-state index >= 15 is 0 Å². The second-order valence-corrected chi connectivity index (χ2v) is 3.90. The van der Waals surface area contributed by atoms with Gasteiger partial charge in [0.05, 0.1) is 11.0 Å². The third-order valence-electron chi connectivity index (χ3n) is 2.56. The van der Waals surface area contributed by atoms with E-state index in [9.17, 15) is 0 Å². The molecule has 2 rings (SSSR count). The number of alkyl halides is 1. The van der Waals surface area contributed by atoms with Crippen molar-refractivity contribution in [3.05, 3.63) is 29.1 Å². The number of benzene rings is 1. The summed E-state index contributed by atoms with van der Waals surface area (Å²) >= 11 is 5.67. The van der Waals surface area contributed by atoms with E-state index in [1.165, 1.54) is 11.1 Å². The molecule has 1 aromatic heterocycles. The quantitative estimate of drug-likeness (QED) is 0.807. The highest BCUT2D eigenvalue weighted by Crippen LogP contribution is 2.19. The van der Waals surface area contributed by atoms with Gasteiger partial charge in [0.25, 0.3) is 0 Å². The molecule has 0 aliphatic heterocycles. The van der Waals surface area contributed by atoms with Gasteiger partial charge in [-0.05, 0) is 31.0 Å². The van der Waals surface area contributed by atoms with Gasteiger partial charge < -0.3 is 4.98 Å². The summed E-state index contributed by atoms with van der Waals surface area (Å²) in [5.74, 6) is 1.58. The third kappa shape index (κ3) is 2.27. The molecule has 0 atom stereocenters. The van der Waals surface area contributed by atoms with Crippen LogP contribution in [0.3, 0.4) is 0 Å². The second-order valence-electron chi connectivity index (χ2n) is 3.53. The van der Waals surface area contributed by atoms with Crippen LogP contribution < -0.4 is 0 Å². The molecule has 0 saturated heterocycles. The standard InChI is InChI=1S/C11H13ClN2.ClH/c1-7-3-4-9-11(8(7)2)14-10(13-9)5-6-12;/h3-4H,5-6H2,1-2H3,(H,13,14);1H. The van der Waals surface area contributed by atoms with Crippen molar-refractivity contribution in [2.45, 2.75) is 20.3 Å². The molecule has 0 aliphatic rings. The highest BCUT2D eigenvalue weighted by Gasteiger charge is 2.05. The second kappa shape index (κ2) is 4.86. The molecule has 0 bridgehead atoms. The van der Waals surface area contributed by atoms with Gasteiger partial charge in [-0.3, -0.25) is 0 Å². The molecule has 0 aliphatic carbocycles. The summed E-state index contributed by atoms with van der Waals surface area (Å²) in [4.78, 5) is 7.79. The number of hydrogen-bond donors (Lipinski definition) is 1. The van der Waals surface area contributed by atoms with Crippen LogP contribution in [0.15, 0.2) is 12.1 Å². The number of imidazole rings is 1. The summed E-state index contributed by atoms with van der Waals surface area (Å²) in [6.45, 7) is 4.20. The van der Waals surface area contributed by atoms with Crippen molar-refractivity contribution in [2.24, 2.45) is 0 Å². The molecule has 0 radical (unpaired) electrons. The van der Waals surface area contributed by atoms with E-state index in [0.717, 1.165) is 23.3 Å². The molecule has 1 aromatic carbocycles. The molecule has 2 aromatic rings. The van der Waals surface area contributed by atoms with Gasteiger partial charge in [-0.1, -0.05) is 6.07 Å². The van der Waals surface area contributed by atoms with Crippen LogP contribution in [0, 0.1) is 13.8 Å². The minimum atomic E-state index is 0. The van der Waals surface area contributed by atoms with Gasteiger partial charge in [0, 0.05) is 12.3 Å². The Kier molecular flexibility index (Phi) is 4.00. The Bertz CT molecular complexity index is 463. The fraction of sp³-hybridized carbons (Fsp3) is 0.364. The van der Waals surface area contributed by atoms with Crippen LogP contribution in [0.4, 0.5) is 0 Å². The average Bonchev–Trinajstić information content (AvgIpc) is 2.56. The van der Waals surface area contributed by atoms with E-state index in [1.54, 1.807) is 0 Å². The van der Waals surface area contributed by atoms with Crippen LogP contribution in [-0.4, -0.2) is 15.8 Å². The maximum absolute atomic E-state index is 5.67. The number of aryl methyl sites for hydroxylation is 3. The Balaban J connectivity index is 0.00000112. The predicted octanol–water partition coefficient (Wildman–Crippen LogP) is 3.38. The summed E-state index contributed by atoms with van der Waals surface area (Å²) in [5, 5.41) is 0. The summed E-state index contributed by atoms with van der Waals surface area (Å²) in [6, 6.07) is 4.18. The van der Waals surface area contributed by atoms with Gasteiger partial charge in [0.1, 0.15) is 5.82 Å². The lowest BCUT2D eigenvalue weighted by atomic mass is 10.1. The molecule has 15 heavy (non-hydrogen) atoms. The van der Waals surface area contributed by atoms with Gasteiger partial charge in [-0.15, -0.1) is 24.0 Å². The lowest BCUT2D eigenvalue weighted by molar-refractivity contribution is 1.01. The number of halogens is 2. The fourth-order valence-corrected chi connectivity index (χ4v) is 1.75. The zero-order valence-electron chi connectivity index (χ0n) is 8.80. The van der Waals surface area contributed by atoms with E-state index < -0.39 is 0 Å². The first-order chi connectivity index (χ1) is 6.72. The predicted molar refractivity (Wildman–Crippen MR) is 67.2 cm³/mol. The van der Waals surface area contributed by atoms with E-state index in [2.05, 4.69) is 35.9 Å². The van der Waals surface area contributed by atoms with Crippen LogP contribution in [0.1, 0.15) is 17.0 Å². The number of hydrogen-bond acceptors (Lipinski definition) is 1. The van der Waals surface area contributed by atoms with Crippen LogP contribution in [0.5, 0.6) is 0 Å². The Labute approximate surface area is 100 Å². The Morgan fingerprint density at radius 2 is 2.07 bits per heavy atom. The number of aromatic amines is 1. The first kappa shape index (κ1) is 12.3. The Morgan fingerprint density at radius 1 is 1.33 bits per heavy atom. The van der Waals surface area contributed by atoms with E-state index in [4.69, 9.17) is 11.6 Å². The minimum absolute atomic E-state index is 0. The number of rotatable bonds is 2. The minimum Gasteiger partial charge on any atom is -0.342 e. The number of nitrogens with zero attached hydrogens (tertiary/aromatic N) is 1. The smallest absolute Gasteiger partial charge is 0.108 e. The highest BCUT2D eigenvalue weighted by molar-refractivity contribution is 6.17. The number of nitrogens with one attached hydrogen (secondary N) is 1. The SMILES string of the molecule is Cc1ccc2[nH]c(CCCl)nc2c1C.Cl. The summed E-state index contributed by atoms with van der Waals surface area (Å²) in [5.41, 5.74) is 4.71. The number of H-pyrrole nitrogens is 1. The molecule has 0 spiro atoms. The van der Waals surface area contributed by atoms with Crippen molar-refractivity contribution in [3.8, 4) is 0 Å². The summed E-state index contributed by atoms with van der Waals surface area (Å²) < 4.78 is 0. The van der Waals surface area contributed by atoms with Crippen molar-refractivity contribution in [1.29, 1.82) is 0 Å². The topological polar surface area (TPSA) is 28.7 Å². The molecule has 4 heteroatoms. The zero-order chi connectivity index (χ0) is 10.1. The van der Waals surface area contributed by atoms with Crippen LogP contribution in [0.25, 0.3) is 11.0 Å². The van der Waals surface area contributed by atoms with E-state index in [1.807, 2.05) is 0 Å². The van der Waals surface area contributed by atoms with Gasteiger partial charge in [-0.25, -0.2) is 4.98 Å². The van der Waals surface area contributed by atoms with Crippen molar-refractivity contribution < 1.29 is 0 Å². The van der Waals surface area contributed by atoms with Gasteiger partial charge in [0.2, 0.25) is 0 Å². The van der Waals surface area contributed by atoms with Gasteiger partial charge in [0.15, 0.2) is 0 Å². The first-order valence-corrected chi connectivity index (χ1v) is 5.26.